The lowest BCUT2D eigenvalue weighted by Gasteiger charge is -2.30. The minimum absolute atomic E-state index is 0.0987. The third-order valence-electron chi connectivity index (χ3n) is 3.68. The maximum atomic E-state index is 11.4. The second kappa shape index (κ2) is 4.47. The average molecular weight is 213 g/mol. The summed E-state index contributed by atoms with van der Waals surface area (Å²) >= 11 is 0. The number of carbonyl (C=O) groups is 1. The van der Waals surface area contributed by atoms with Crippen LogP contribution in [0.1, 0.15) is 25.7 Å². The Morgan fingerprint density at radius 2 is 2.27 bits per heavy atom. The number of amides is 1. The molecule has 4 N–H and O–H groups in total. The van der Waals surface area contributed by atoms with Gasteiger partial charge in [0.25, 0.3) is 5.91 Å². The minimum Gasteiger partial charge on any atom is -0.381 e. The van der Waals surface area contributed by atoms with E-state index in [1.807, 2.05) is 0 Å². The second-order valence-electron chi connectivity index (χ2n) is 4.50. The van der Waals surface area contributed by atoms with Crippen LogP contribution in [0.25, 0.3) is 0 Å². The van der Waals surface area contributed by atoms with E-state index in [0.29, 0.717) is 18.1 Å². The summed E-state index contributed by atoms with van der Waals surface area (Å²) in [7, 11) is 1.76. The first-order chi connectivity index (χ1) is 7.24. The molecule has 1 saturated carbocycles. The van der Waals surface area contributed by atoms with Gasteiger partial charge in [0, 0.05) is 13.2 Å². The largest absolute Gasteiger partial charge is 0.381 e. The lowest BCUT2D eigenvalue weighted by Crippen LogP contribution is -2.46. The molecule has 4 unspecified atom stereocenters. The zero-order valence-corrected chi connectivity index (χ0v) is 9.03. The van der Waals surface area contributed by atoms with Gasteiger partial charge in [0.05, 0.1) is 12.1 Å². The lowest BCUT2D eigenvalue weighted by atomic mass is 9.83. The van der Waals surface area contributed by atoms with Crippen molar-refractivity contribution in [3.63, 3.8) is 0 Å². The molecule has 1 heterocycles. The zero-order chi connectivity index (χ0) is 10.8. The predicted molar refractivity (Wildman–Crippen MR) is 55.8 cm³/mol. The number of nitrogens with one attached hydrogen (secondary N) is 2. The van der Waals surface area contributed by atoms with Crippen LogP contribution in [0, 0.1) is 5.92 Å². The summed E-state index contributed by atoms with van der Waals surface area (Å²) in [5.41, 5.74) is 2.21. The SMILES string of the molecule is COC1CCC2NC(C(=O)NN)CC2C1. The lowest BCUT2D eigenvalue weighted by molar-refractivity contribution is -0.122. The third kappa shape index (κ3) is 2.14. The molecule has 0 spiro atoms. The molecule has 15 heavy (non-hydrogen) atoms. The first kappa shape index (κ1) is 10.9. The minimum atomic E-state index is -0.111. The van der Waals surface area contributed by atoms with E-state index >= 15 is 0 Å². The van der Waals surface area contributed by atoms with E-state index in [9.17, 15) is 4.79 Å². The second-order valence-corrected chi connectivity index (χ2v) is 4.50. The fourth-order valence-electron chi connectivity index (χ4n) is 2.83. The number of fused-ring (bicyclic) bond motifs is 1. The van der Waals surface area contributed by atoms with E-state index in [-0.39, 0.29) is 11.9 Å². The Morgan fingerprint density at radius 1 is 1.47 bits per heavy atom. The first-order valence-corrected chi connectivity index (χ1v) is 5.54. The Kier molecular flexibility index (Phi) is 3.23. The number of methoxy groups -OCH3 is 1. The van der Waals surface area contributed by atoms with Gasteiger partial charge in [0.15, 0.2) is 0 Å². The third-order valence-corrected chi connectivity index (χ3v) is 3.68. The van der Waals surface area contributed by atoms with Crippen molar-refractivity contribution in [3.8, 4) is 0 Å². The molecule has 1 saturated heterocycles. The van der Waals surface area contributed by atoms with Crippen molar-refractivity contribution in [3.05, 3.63) is 0 Å². The van der Waals surface area contributed by atoms with Crippen LogP contribution in [-0.2, 0) is 9.53 Å². The Labute approximate surface area is 89.7 Å². The molecule has 0 aromatic rings. The Morgan fingerprint density at radius 3 is 2.93 bits per heavy atom. The highest BCUT2D eigenvalue weighted by Crippen LogP contribution is 2.34. The normalized spacial score (nSPS) is 39.9. The summed E-state index contributed by atoms with van der Waals surface area (Å²) in [5, 5.41) is 3.34. The maximum absolute atomic E-state index is 11.4. The van der Waals surface area contributed by atoms with Crippen LogP contribution in [-0.4, -0.2) is 31.2 Å². The van der Waals surface area contributed by atoms with E-state index in [0.717, 1.165) is 25.7 Å². The fraction of sp³-hybridized carbons (Fsp3) is 0.900. The number of ether oxygens (including phenoxy) is 1. The number of hydrazine groups is 1. The van der Waals surface area contributed by atoms with Gasteiger partial charge in [-0.3, -0.25) is 10.2 Å². The maximum Gasteiger partial charge on any atom is 0.251 e. The highest BCUT2D eigenvalue weighted by molar-refractivity contribution is 5.81. The number of nitrogens with two attached hydrogens (primary N) is 1. The molecule has 0 bridgehead atoms. The van der Waals surface area contributed by atoms with E-state index in [1.165, 1.54) is 0 Å². The summed E-state index contributed by atoms with van der Waals surface area (Å²) < 4.78 is 5.37. The molecule has 0 radical (unpaired) electrons. The van der Waals surface area contributed by atoms with E-state index in [1.54, 1.807) is 7.11 Å². The van der Waals surface area contributed by atoms with Crippen LogP contribution >= 0.6 is 0 Å². The molecule has 5 heteroatoms. The Balaban J connectivity index is 1.92. The highest BCUT2D eigenvalue weighted by atomic mass is 16.5. The van der Waals surface area contributed by atoms with Crippen LogP contribution < -0.4 is 16.6 Å². The molecule has 86 valence electrons. The summed E-state index contributed by atoms with van der Waals surface area (Å²) in [4.78, 5) is 11.4. The van der Waals surface area contributed by atoms with Gasteiger partial charge in [0.2, 0.25) is 0 Å². The molecule has 4 atom stereocenters. The molecule has 0 aromatic heterocycles. The summed E-state index contributed by atoms with van der Waals surface area (Å²) in [5.74, 6) is 5.59. The van der Waals surface area contributed by atoms with E-state index < -0.39 is 0 Å². The molecule has 0 aromatic carbocycles. The van der Waals surface area contributed by atoms with Crippen LogP contribution in [0.3, 0.4) is 0 Å². The van der Waals surface area contributed by atoms with Gasteiger partial charge in [-0.25, -0.2) is 5.84 Å². The van der Waals surface area contributed by atoms with Crippen molar-refractivity contribution in [1.29, 1.82) is 0 Å². The molecule has 2 rings (SSSR count). The fourth-order valence-corrected chi connectivity index (χ4v) is 2.83. The van der Waals surface area contributed by atoms with Gasteiger partial charge in [-0.15, -0.1) is 0 Å². The Hall–Kier alpha value is -0.650. The van der Waals surface area contributed by atoms with E-state index in [2.05, 4.69) is 10.7 Å². The first-order valence-electron chi connectivity index (χ1n) is 5.54. The molecular formula is C10H19N3O2. The monoisotopic (exact) mass is 213 g/mol. The van der Waals surface area contributed by atoms with Crippen molar-refractivity contribution in [2.75, 3.05) is 7.11 Å². The standard InChI is InChI=1S/C10H19N3O2/c1-15-7-2-3-8-6(4-7)5-9(12-8)10(14)13-11/h6-9,12H,2-5,11H2,1H3,(H,13,14). The number of hydrogen-bond donors (Lipinski definition) is 3. The Bertz CT molecular complexity index is 247. The van der Waals surface area contributed by atoms with Gasteiger partial charge >= 0.3 is 0 Å². The average Bonchev–Trinajstić information content (AvgIpc) is 2.70. The quantitative estimate of drug-likeness (QED) is 0.329. The van der Waals surface area contributed by atoms with Crippen molar-refractivity contribution in [2.24, 2.45) is 11.8 Å². The van der Waals surface area contributed by atoms with Gasteiger partial charge in [-0.2, -0.15) is 0 Å². The van der Waals surface area contributed by atoms with Crippen molar-refractivity contribution in [1.82, 2.24) is 10.7 Å². The molecule has 2 fully saturated rings. The molecular weight excluding hydrogens is 194 g/mol. The van der Waals surface area contributed by atoms with E-state index in [4.69, 9.17) is 10.6 Å². The zero-order valence-electron chi connectivity index (χ0n) is 9.03. The van der Waals surface area contributed by atoms with Gasteiger partial charge in [0.1, 0.15) is 0 Å². The molecule has 1 aliphatic carbocycles. The van der Waals surface area contributed by atoms with Crippen LogP contribution in [0.15, 0.2) is 0 Å². The summed E-state index contributed by atoms with van der Waals surface area (Å²) in [6, 6.07) is 0.360. The molecule has 1 amide bonds. The van der Waals surface area contributed by atoms with Crippen LogP contribution in [0.2, 0.25) is 0 Å². The van der Waals surface area contributed by atoms with Crippen molar-refractivity contribution >= 4 is 5.91 Å². The number of rotatable bonds is 2. The smallest absolute Gasteiger partial charge is 0.251 e. The molecule has 5 nitrogen and oxygen atoms in total. The summed E-state index contributed by atoms with van der Waals surface area (Å²) in [6.45, 7) is 0. The van der Waals surface area contributed by atoms with Crippen LogP contribution in [0.4, 0.5) is 0 Å². The number of carbonyl (C=O) groups excluding carboxylic acids is 1. The van der Waals surface area contributed by atoms with Gasteiger partial charge in [-0.1, -0.05) is 0 Å². The molecule has 1 aliphatic heterocycles. The topological polar surface area (TPSA) is 76.4 Å². The number of hydrogen-bond acceptors (Lipinski definition) is 4. The predicted octanol–water partition coefficient (Wildman–Crippen LogP) is -0.478. The van der Waals surface area contributed by atoms with Crippen molar-refractivity contribution < 1.29 is 9.53 Å². The van der Waals surface area contributed by atoms with Gasteiger partial charge < -0.3 is 10.1 Å². The highest BCUT2D eigenvalue weighted by Gasteiger charge is 2.40. The summed E-state index contributed by atoms with van der Waals surface area (Å²) in [6.07, 6.45) is 4.49. The molecule has 2 aliphatic rings. The van der Waals surface area contributed by atoms with Crippen molar-refractivity contribution in [2.45, 2.75) is 43.9 Å². The van der Waals surface area contributed by atoms with Crippen LogP contribution in [0.5, 0.6) is 0 Å². The van der Waals surface area contributed by atoms with Gasteiger partial charge in [-0.05, 0) is 31.6 Å².